The van der Waals surface area contributed by atoms with Crippen molar-refractivity contribution in [3.63, 3.8) is 0 Å². The highest BCUT2D eigenvalue weighted by Gasteiger charge is 2.07. The average Bonchev–Trinajstić information content (AvgIpc) is 2.51. The van der Waals surface area contributed by atoms with E-state index in [0.717, 1.165) is 12.1 Å². The van der Waals surface area contributed by atoms with Crippen molar-refractivity contribution in [2.75, 3.05) is 14.2 Å². The third-order valence-corrected chi connectivity index (χ3v) is 3.00. The van der Waals surface area contributed by atoms with Crippen LogP contribution >= 0.6 is 0 Å². The maximum Gasteiger partial charge on any atom is 0.186 e. The number of ketones is 1. The predicted octanol–water partition coefficient (Wildman–Crippen LogP) is 3.88. The molecule has 0 saturated carbocycles. The van der Waals surface area contributed by atoms with Gasteiger partial charge in [-0.05, 0) is 42.5 Å². The van der Waals surface area contributed by atoms with E-state index in [1.165, 1.54) is 26.4 Å². The zero-order valence-electron chi connectivity index (χ0n) is 12.1. The summed E-state index contributed by atoms with van der Waals surface area (Å²) in [5.41, 5.74) is 0.558. The molecule has 0 fully saturated rings. The fourth-order valence-corrected chi connectivity index (χ4v) is 1.93. The summed E-state index contributed by atoms with van der Waals surface area (Å²) >= 11 is 0. The van der Waals surface area contributed by atoms with Crippen molar-refractivity contribution in [3.05, 3.63) is 65.2 Å². The number of ether oxygens (including phenoxy) is 2. The van der Waals surface area contributed by atoms with Crippen LogP contribution in [0.2, 0.25) is 0 Å². The van der Waals surface area contributed by atoms with Crippen molar-refractivity contribution in [2.24, 2.45) is 0 Å². The fraction of sp³-hybridized carbons (Fsp3) is 0.118. The van der Waals surface area contributed by atoms with Gasteiger partial charge in [0.05, 0.1) is 14.2 Å². The van der Waals surface area contributed by atoms with Crippen LogP contribution in [0.5, 0.6) is 11.5 Å². The van der Waals surface area contributed by atoms with E-state index in [2.05, 4.69) is 0 Å². The largest absolute Gasteiger partial charge is 0.497 e. The summed E-state index contributed by atoms with van der Waals surface area (Å²) in [6.07, 6.45) is 2.73. The first-order valence-corrected chi connectivity index (χ1v) is 6.44. The Morgan fingerprint density at radius 3 is 2.27 bits per heavy atom. The predicted molar refractivity (Wildman–Crippen MR) is 79.3 cm³/mol. The van der Waals surface area contributed by atoms with Gasteiger partial charge in [0.25, 0.3) is 0 Å². The lowest BCUT2D eigenvalue weighted by Crippen LogP contribution is -1.97. The lowest BCUT2D eigenvalue weighted by molar-refractivity contribution is 0.104. The van der Waals surface area contributed by atoms with Crippen LogP contribution in [-0.2, 0) is 0 Å². The molecular formula is C17H14F2O3. The summed E-state index contributed by atoms with van der Waals surface area (Å²) in [5, 5.41) is 0. The summed E-state index contributed by atoms with van der Waals surface area (Å²) in [6, 6.07) is 7.79. The van der Waals surface area contributed by atoms with Crippen LogP contribution in [-0.4, -0.2) is 20.0 Å². The molecule has 0 bridgehead atoms. The molecule has 0 aromatic heterocycles. The summed E-state index contributed by atoms with van der Waals surface area (Å²) < 4.78 is 36.5. The lowest BCUT2D eigenvalue weighted by atomic mass is 10.1. The Kier molecular flexibility index (Phi) is 4.88. The highest BCUT2D eigenvalue weighted by molar-refractivity contribution is 6.07. The first-order chi connectivity index (χ1) is 10.5. The number of halogens is 2. The standard InChI is InChI=1S/C17H14F2O3/c1-21-15-4-6-17(22-2)11(9-15)3-5-16(20)12-7-13(18)10-14(19)8-12/h3-10H,1-2H3. The summed E-state index contributed by atoms with van der Waals surface area (Å²) in [4.78, 5) is 12.0. The van der Waals surface area contributed by atoms with Crippen LogP contribution in [0.4, 0.5) is 8.78 Å². The van der Waals surface area contributed by atoms with Gasteiger partial charge in [-0.1, -0.05) is 0 Å². The Bertz CT molecular complexity index is 704. The van der Waals surface area contributed by atoms with E-state index in [0.29, 0.717) is 23.1 Å². The van der Waals surface area contributed by atoms with Crippen molar-refractivity contribution < 1.29 is 23.0 Å². The Balaban J connectivity index is 2.29. The SMILES string of the molecule is COc1ccc(OC)c(C=CC(=O)c2cc(F)cc(F)c2)c1. The van der Waals surface area contributed by atoms with E-state index in [4.69, 9.17) is 9.47 Å². The molecular weight excluding hydrogens is 290 g/mol. The zero-order valence-corrected chi connectivity index (χ0v) is 12.1. The lowest BCUT2D eigenvalue weighted by Gasteiger charge is -2.07. The minimum Gasteiger partial charge on any atom is -0.497 e. The van der Waals surface area contributed by atoms with E-state index >= 15 is 0 Å². The molecule has 0 aliphatic carbocycles. The smallest absolute Gasteiger partial charge is 0.186 e. The van der Waals surface area contributed by atoms with E-state index in [1.807, 2.05) is 0 Å². The quantitative estimate of drug-likeness (QED) is 0.621. The van der Waals surface area contributed by atoms with Crippen LogP contribution < -0.4 is 9.47 Å². The summed E-state index contributed by atoms with van der Waals surface area (Å²) in [5.74, 6) is -0.949. The maximum atomic E-state index is 13.1. The minimum absolute atomic E-state index is 0.0596. The zero-order chi connectivity index (χ0) is 16.1. The van der Waals surface area contributed by atoms with Crippen molar-refractivity contribution in [2.45, 2.75) is 0 Å². The second kappa shape index (κ2) is 6.85. The van der Waals surface area contributed by atoms with Gasteiger partial charge in [-0.25, -0.2) is 8.78 Å². The number of hydrogen-bond donors (Lipinski definition) is 0. The maximum absolute atomic E-state index is 13.1. The Hall–Kier alpha value is -2.69. The fourth-order valence-electron chi connectivity index (χ4n) is 1.93. The van der Waals surface area contributed by atoms with Crippen LogP contribution in [0.3, 0.4) is 0 Å². The molecule has 22 heavy (non-hydrogen) atoms. The molecule has 3 nitrogen and oxygen atoms in total. The number of rotatable bonds is 5. The Labute approximate surface area is 126 Å². The second-order valence-electron chi connectivity index (χ2n) is 4.46. The van der Waals surface area contributed by atoms with Gasteiger partial charge in [0.1, 0.15) is 23.1 Å². The van der Waals surface area contributed by atoms with Crippen LogP contribution in [0.1, 0.15) is 15.9 Å². The minimum atomic E-state index is -0.796. The van der Waals surface area contributed by atoms with Crippen LogP contribution in [0, 0.1) is 11.6 Å². The highest BCUT2D eigenvalue weighted by atomic mass is 19.1. The molecule has 0 saturated heterocycles. The number of carbonyl (C=O) groups excluding carboxylic acids is 1. The van der Waals surface area contributed by atoms with Gasteiger partial charge in [-0.15, -0.1) is 0 Å². The molecule has 0 aliphatic heterocycles. The van der Waals surface area contributed by atoms with Gasteiger partial charge in [-0.2, -0.15) is 0 Å². The molecule has 2 aromatic carbocycles. The average molecular weight is 304 g/mol. The van der Waals surface area contributed by atoms with Crippen LogP contribution in [0.25, 0.3) is 6.08 Å². The van der Waals surface area contributed by atoms with Crippen LogP contribution in [0.15, 0.2) is 42.5 Å². The number of carbonyl (C=O) groups is 1. The molecule has 0 N–H and O–H groups in total. The topological polar surface area (TPSA) is 35.5 Å². The molecule has 0 amide bonds. The summed E-state index contributed by atoms with van der Waals surface area (Å²) in [6.45, 7) is 0. The van der Waals surface area contributed by atoms with Gasteiger partial charge >= 0.3 is 0 Å². The molecule has 0 spiro atoms. The molecule has 2 aromatic rings. The molecule has 0 heterocycles. The van der Waals surface area contributed by atoms with Crippen molar-refractivity contribution >= 4 is 11.9 Å². The molecule has 0 aliphatic rings. The number of allylic oxidation sites excluding steroid dienone is 1. The normalized spacial score (nSPS) is 10.7. The van der Waals surface area contributed by atoms with Gasteiger partial charge < -0.3 is 9.47 Å². The second-order valence-corrected chi connectivity index (χ2v) is 4.46. The van der Waals surface area contributed by atoms with Gasteiger partial charge in [0, 0.05) is 17.2 Å². The van der Waals surface area contributed by atoms with Gasteiger partial charge in [0.15, 0.2) is 5.78 Å². The number of benzene rings is 2. The third-order valence-electron chi connectivity index (χ3n) is 3.00. The Morgan fingerprint density at radius 2 is 1.68 bits per heavy atom. The number of hydrogen-bond acceptors (Lipinski definition) is 3. The highest BCUT2D eigenvalue weighted by Crippen LogP contribution is 2.25. The van der Waals surface area contributed by atoms with Gasteiger partial charge in [0.2, 0.25) is 0 Å². The van der Waals surface area contributed by atoms with Crippen molar-refractivity contribution in [1.82, 2.24) is 0 Å². The third kappa shape index (κ3) is 3.69. The molecule has 0 radical (unpaired) electrons. The first-order valence-electron chi connectivity index (χ1n) is 6.44. The molecule has 114 valence electrons. The van der Waals surface area contributed by atoms with Crippen molar-refractivity contribution in [3.8, 4) is 11.5 Å². The van der Waals surface area contributed by atoms with Gasteiger partial charge in [-0.3, -0.25) is 4.79 Å². The summed E-state index contributed by atoms with van der Waals surface area (Å²) in [7, 11) is 3.03. The molecule has 0 unspecified atom stereocenters. The molecule has 5 heteroatoms. The van der Waals surface area contributed by atoms with Crippen molar-refractivity contribution in [1.29, 1.82) is 0 Å². The molecule has 2 rings (SSSR count). The number of methoxy groups -OCH3 is 2. The monoisotopic (exact) mass is 304 g/mol. The van der Waals surface area contributed by atoms with E-state index in [9.17, 15) is 13.6 Å². The van der Waals surface area contributed by atoms with E-state index in [1.54, 1.807) is 18.2 Å². The van der Waals surface area contributed by atoms with E-state index in [-0.39, 0.29) is 5.56 Å². The Morgan fingerprint density at radius 1 is 1.00 bits per heavy atom. The molecule has 0 atom stereocenters. The first kappa shape index (κ1) is 15.7. The van der Waals surface area contributed by atoms with E-state index < -0.39 is 17.4 Å².